The Morgan fingerprint density at radius 3 is 2.70 bits per heavy atom. The van der Waals surface area contributed by atoms with Gasteiger partial charge in [-0.2, -0.15) is 5.10 Å². The standard InChI is InChI=1S/C10H6Br2N4O4/c11-7-8(14-15-9(7)12)10(18)13-5-3-4(16(19)20)1-2-6(5)17/h1-3,17H,(H,13,18)(H,14,15). The lowest BCUT2D eigenvalue weighted by atomic mass is 10.2. The Hall–Kier alpha value is -1.94. The maximum Gasteiger partial charge on any atom is 0.277 e. The van der Waals surface area contributed by atoms with Gasteiger partial charge in [-0.05, 0) is 37.9 Å². The van der Waals surface area contributed by atoms with E-state index in [-0.39, 0.29) is 22.8 Å². The van der Waals surface area contributed by atoms with E-state index in [2.05, 4.69) is 47.4 Å². The number of nitrogens with zero attached hydrogens (tertiary/aromatic N) is 2. The summed E-state index contributed by atoms with van der Waals surface area (Å²) in [4.78, 5) is 22.0. The molecule has 8 nitrogen and oxygen atoms in total. The molecule has 0 atom stereocenters. The lowest BCUT2D eigenvalue weighted by Crippen LogP contribution is -2.13. The van der Waals surface area contributed by atoms with Crippen molar-refractivity contribution in [1.82, 2.24) is 10.2 Å². The Morgan fingerprint density at radius 2 is 2.15 bits per heavy atom. The van der Waals surface area contributed by atoms with Gasteiger partial charge in [-0.25, -0.2) is 0 Å². The highest BCUT2D eigenvalue weighted by atomic mass is 79.9. The summed E-state index contributed by atoms with van der Waals surface area (Å²) >= 11 is 6.28. The molecule has 2 rings (SSSR count). The van der Waals surface area contributed by atoms with Crippen LogP contribution < -0.4 is 5.32 Å². The second-order valence-electron chi connectivity index (χ2n) is 3.61. The first-order chi connectivity index (χ1) is 9.40. The number of rotatable bonds is 3. The predicted molar refractivity (Wildman–Crippen MR) is 76.7 cm³/mol. The van der Waals surface area contributed by atoms with Crippen LogP contribution in [0.25, 0.3) is 0 Å². The van der Waals surface area contributed by atoms with Crippen molar-refractivity contribution in [3.8, 4) is 5.75 Å². The second-order valence-corrected chi connectivity index (χ2v) is 5.20. The first kappa shape index (κ1) is 14.5. The van der Waals surface area contributed by atoms with Crippen LogP contribution in [-0.4, -0.2) is 26.1 Å². The van der Waals surface area contributed by atoms with Crippen molar-refractivity contribution < 1.29 is 14.8 Å². The fraction of sp³-hybridized carbons (Fsp3) is 0. The van der Waals surface area contributed by atoms with Gasteiger partial charge < -0.3 is 10.4 Å². The van der Waals surface area contributed by atoms with Crippen molar-refractivity contribution in [2.75, 3.05) is 5.32 Å². The summed E-state index contributed by atoms with van der Waals surface area (Å²) in [5.41, 5.74) is -0.279. The van der Waals surface area contributed by atoms with Crippen molar-refractivity contribution >= 4 is 49.1 Å². The molecule has 1 aromatic carbocycles. The first-order valence-electron chi connectivity index (χ1n) is 5.08. The van der Waals surface area contributed by atoms with Crippen molar-refractivity contribution in [2.24, 2.45) is 0 Å². The summed E-state index contributed by atoms with van der Waals surface area (Å²) < 4.78 is 0.880. The third-order valence-corrected chi connectivity index (χ3v) is 4.20. The second kappa shape index (κ2) is 5.59. The summed E-state index contributed by atoms with van der Waals surface area (Å²) in [7, 11) is 0. The predicted octanol–water partition coefficient (Wildman–Crippen LogP) is 2.80. The number of non-ortho nitro benzene ring substituents is 1. The number of hydrogen-bond acceptors (Lipinski definition) is 5. The van der Waals surface area contributed by atoms with Gasteiger partial charge in [0.2, 0.25) is 0 Å². The maximum atomic E-state index is 12.0. The third kappa shape index (κ3) is 2.80. The van der Waals surface area contributed by atoms with Crippen LogP contribution >= 0.6 is 31.9 Å². The zero-order chi connectivity index (χ0) is 14.9. The summed E-state index contributed by atoms with van der Waals surface area (Å²) in [6.07, 6.45) is 0. The monoisotopic (exact) mass is 404 g/mol. The fourth-order valence-corrected chi connectivity index (χ4v) is 2.01. The number of nitro groups is 1. The van der Waals surface area contributed by atoms with E-state index in [0.717, 1.165) is 18.2 Å². The molecular formula is C10H6Br2N4O4. The summed E-state index contributed by atoms with van der Waals surface area (Å²) in [5.74, 6) is -0.913. The normalized spacial score (nSPS) is 10.3. The largest absolute Gasteiger partial charge is 0.506 e. The van der Waals surface area contributed by atoms with Crippen molar-refractivity contribution in [3.05, 3.63) is 43.1 Å². The van der Waals surface area contributed by atoms with Crippen LogP contribution in [0.1, 0.15) is 10.5 Å². The molecule has 0 aliphatic heterocycles. The van der Waals surface area contributed by atoms with E-state index < -0.39 is 10.8 Å². The van der Waals surface area contributed by atoms with Crippen LogP contribution in [0.3, 0.4) is 0 Å². The molecule has 1 aromatic heterocycles. The van der Waals surface area contributed by atoms with Crippen molar-refractivity contribution in [3.63, 3.8) is 0 Å². The molecule has 0 spiro atoms. The Balaban J connectivity index is 2.30. The van der Waals surface area contributed by atoms with E-state index in [1.807, 2.05) is 0 Å². The zero-order valence-electron chi connectivity index (χ0n) is 9.55. The number of H-pyrrole nitrogens is 1. The lowest BCUT2D eigenvalue weighted by Gasteiger charge is -2.05. The molecule has 0 bridgehead atoms. The Labute approximate surface area is 128 Å². The van der Waals surface area contributed by atoms with E-state index in [1.54, 1.807) is 0 Å². The highest BCUT2D eigenvalue weighted by Gasteiger charge is 2.19. The number of aromatic amines is 1. The SMILES string of the molecule is O=C(Nc1cc([N+](=O)[O-])ccc1O)c1n[nH]c(Br)c1Br. The van der Waals surface area contributed by atoms with Gasteiger partial charge in [0.15, 0.2) is 5.69 Å². The van der Waals surface area contributed by atoms with Gasteiger partial charge in [-0.1, -0.05) is 0 Å². The number of halogens is 2. The van der Waals surface area contributed by atoms with E-state index in [0.29, 0.717) is 9.08 Å². The average molecular weight is 406 g/mol. The molecule has 0 fully saturated rings. The lowest BCUT2D eigenvalue weighted by molar-refractivity contribution is -0.384. The third-order valence-electron chi connectivity index (χ3n) is 2.32. The van der Waals surface area contributed by atoms with E-state index in [9.17, 15) is 20.0 Å². The Morgan fingerprint density at radius 1 is 1.45 bits per heavy atom. The molecule has 1 heterocycles. The highest BCUT2D eigenvalue weighted by molar-refractivity contribution is 9.13. The van der Waals surface area contributed by atoms with Crippen LogP contribution in [0.4, 0.5) is 11.4 Å². The number of phenolic OH excluding ortho intramolecular Hbond substituents is 1. The molecular weight excluding hydrogens is 400 g/mol. The van der Waals surface area contributed by atoms with E-state index >= 15 is 0 Å². The van der Waals surface area contributed by atoms with Crippen LogP contribution in [0.15, 0.2) is 27.3 Å². The van der Waals surface area contributed by atoms with Gasteiger partial charge in [0.25, 0.3) is 11.6 Å². The molecule has 0 saturated carbocycles. The number of phenols is 1. The number of aromatic nitrogens is 2. The van der Waals surface area contributed by atoms with Gasteiger partial charge in [0.05, 0.1) is 15.1 Å². The van der Waals surface area contributed by atoms with Gasteiger partial charge in [0.1, 0.15) is 10.4 Å². The summed E-state index contributed by atoms with van der Waals surface area (Å²) in [6.45, 7) is 0. The Kier molecular flexibility index (Phi) is 4.04. The molecule has 0 aliphatic carbocycles. The van der Waals surface area contributed by atoms with Gasteiger partial charge in [-0.3, -0.25) is 20.0 Å². The van der Waals surface area contributed by atoms with Crippen molar-refractivity contribution in [2.45, 2.75) is 0 Å². The van der Waals surface area contributed by atoms with Gasteiger partial charge in [-0.15, -0.1) is 0 Å². The molecule has 104 valence electrons. The minimum atomic E-state index is -0.630. The van der Waals surface area contributed by atoms with E-state index in [4.69, 9.17) is 0 Å². The van der Waals surface area contributed by atoms with Crippen molar-refractivity contribution in [1.29, 1.82) is 0 Å². The van der Waals surface area contributed by atoms with Crippen LogP contribution in [0.2, 0.25) is 0 Å². The zero-order valence-corrected chi connectivity index (χ0v) is 12.7. The topological polar surface area (TPSA) is 121 Å². The van der Waals surface area contributed by atoms with Crippen LogP contribution in [0.5, 0.6) is 5.75 Å². The molecule has 0 saturated heterocycles. The smallest absolute Gasteiger partial charge is 0.277 e. The van der Waals surface area contributed by atoms with Gasteiger partial charge >= 0.3 is 0 Å². The van der Waals surface area contributed by atoms with E-state index in [1.165, 1.54) is 0 Å². The van der Waals surface area contributed by atoms with Gasteiger partial charge in [0, 0.05) is 12.1 Å². The maximum absolute atomic E-state index is 12.0. The van der Waals surface area contributed by atoms with Crippen LogP contribution in [0, 0.1) is 10.1 Å². The number of carbonyl (C=O) groups excluding carboxylic acids is 1. The molecule has 0 aliphatic rings. The van der Waals surface area contributed by atoms with Crippen LogP contribution in [-0.2, 0) is 0 Å². The molecule has 0 unspecified atom stereocenters. The highest BCUT2D eigenvalue weighted by Crippen LogP contribution is 2.29. The molecule has 2 aromatic rings. The number of carbonyl (C=O) groups is 1. The Bertz CT molecular complexity index is 701. The summed E-state index contributed by atoms with van der Waals surface area (Å²) in [5, 5.41) is 28.9. The fourth-order valence-electron chi connectivity index (χ4n) is 1.38. The molecule has 3 N–H and O–H groups in total. The molecule has 1 amide bonds. The number of anilines is 1. The quantitative estimate of drug-likeness (QED) is 0.411. The number of hydrogen-bond donors (Lipinski definition) is 3. The molecule has 20 heavy (non-hydrogen) atoms. The molecule has 10 heteroatoms. The number of nitrogens with one attached hydrogen (secondary N) is 2. The minimum Gasteiger partial charge on any atom is -0.506 e. The number of aromatic hydroxyl groups is 1. The number of benzene rings is 1. The number of nitro benzene ring substituents is 1. The molecule has 0 radical (unpaired) electrons. The average Bonchev–Trinajstić information content (AvgIpc) is 2.72. The summed E-state index contributed by atoms with van der Waals surface area (Å²) in [6, 6.07) is 3.32. The number of amides is 1. The first-order valence-corrected chi connectivity index (χ1v) is 6.67. The minimum absolute atomic E-state index is 0.0442.